The normalized spacial score (nSPS) is 10.0. The number of hydrogen-bond donors (Lipinski definition) is 1. The fourth-order valence-electron chi connectivity index (χ4n) is 1.54. The molecule has 1 aromatic rings. The molecule has 0 radical (unpaired) electrons. The number of methoxy groups -OCH3 is 2. The van der Waals surface area contributed by atoms with Crippen molar-refractivity contribution in [2.45, 2.75) is 0 Å². The lowest BCUT2D eigenvalue weighted by molar-refractivity contribution is 0.0595. The zero-order chi connectivity index (χ0) is 15.7. The van der Waals surface area contributed by atoms with Gasteiger partial charge in [-0.05, 0) is 18.2 Å². The summed E-state index contributed by atoms with van der Waals surface area (Å²) in [4.78, 5) is 23.1. The maximum atomic E-state index is 11.6. The molecular formula is C14H18O7. The largest absolute Gasteiger partial charge is 0.491 e. The van der Waals surface area contributed by atoms with E-state index in [4.69, 9.17) is 14.6 Å². The van der Waals surface area contributed by atoms with Crippen LogP contribution in [0.2, 0.25) is 0 Å². The summed E-state index contributed by atoms with van der Waals surface area (Å²) in [6, 6.07) is 4.29. The Kier molecular flexibility index (Phi) is 7.20. The van der Waals surface area contributed by atoms with Crippen LogP contribution in [0, 0.1) is 0 Å². The van der Waals surface area contributed by atoms with Gasteiger partial charge in [-0.1, -0.05) is 0 Å². The Morgan fingerprint density at radius 2 is 1.52 bits per heavy atom. The SMILES string of the molecule is COC(=O)c1cc(OCCOCCO)cc(C(=O)OC)c1. The minimum absolute atomic E-state index is 0.0652. The standard InChI is InChI=1S/C14H18O7/c1-18-13(16)10-7-11(14(17)19-2)9-12(8-10)21-6-5-20-4-3-15/h7-9,15H,3-6H2,1-2H3. The Labute approximate surface area is 122 Å². The van der Waals surface area contributed by atoms with E-state index in [1.165, 1.54) is 32.4 Å². The van der Waals surface area contributed by atoms with E-state index in [2.05, 4.69) is 9.47 Å². The smallest absolute Gasteiger partial charge is 0.338 e. The number of benzene rings is 1. The number of aliphatic hydroxyl groups is 1. The Balaban J connectivity index is 2.81. The molecule has 0 atom stereocenters. The molecule has 0 bridgehead atoms. The van der Waals surface area contributed by atoms with Crippen molar-refractivity contribution in [3.8, 4) is 5.75 Å². The summed E-state index contributed by atoms with van der Waals surface area (Å²) in [6.07, 6.45) is 0. The fraction of sp³-hybridized carbons (Fsp3) is 0.429. The zero-order valence-electron chi connectivity index (χ0n) is 12.0. The number of ether oxygens (including phenoxy) is 4. The first-order chi connectivity index (χ1) is 10.1. The third-order valence-electron chi connectivity index (χ3n) is 2.48. The first kappa shape index (κ1) is 16.9. The molecule has 116 valence electrons. The van der Waals surface area contributed by atoms with E-state index < -0.39 is 11.9 Å². The van der Waals surface area contributed by atoms with Gasteiger partial charge in [-0.25, -0.2) is 9.59 Å². The summed E-state index contributed by atoms with van der Waals surface area (Å²) in [6.45, 7) is 0.644. The number of esters is 2. The molecule has 1 N–H and O–H groups in total. The third-order valence-corrected chi connectivity index (χ3v) is 2.48. The summed E-state index contributed by atoms with van der Waals surface area (Å²) >= 11 is 0. The van der Waals surface area contributed by atoms with Crippen molar-refractivity contribution in [1.82, 2.24) is 0 Å². The molecule has 0 aliphatic rings. The van der Waals surface area contributed by atoms with Crippen LogP contribution in [0.3, 0.4) is 0 Å². The maximum absolute atomic E-state index is 11.6. The molecule has 0 heterocycles. The molecule has 0 aromatic heterocycles. The molecule has 1 aromatic carbocycles. The van der Waals surface area contributed by atoms with Gasteiger partial charge >= 0.3 is 11.9 Å². The average Bonchev–Trinajstić information content (AvgIpc) is 2.52. The highest BCUT2D eigenvalue weighted by Gasteiger charge is 2.14. The topological polar surface area (TPSA) is 91.3 Å². The molecule has 0 amide bonds. The van der Waals surface area contributed by atoms with Gasteiger partial charge in [-0.15, -0.1) is 0 Å². The summed E-state index contributed by atoms with van der Waals surface area (Å²) < 4.78 is 19.7. The van der Waals surface area contributed by atoms with Crippen molar-refractivity contribution in [3.63, 3.8) is 0 Å². The van der Waals surface area contributed by atoms with Crippen LogP contribution in [-0.4, -0.2) is 57.7 Å². The molecular weight excluding hydrogens is 280 g/mol. The highest BCUT2D eigenvalue weighted by atomic mass is 16.5. The molecule has 0 saturated carbocycles. The van der Waals surface area contributed by atoms with Crippen LogP contribution in [0.15, 0.2) is 18.2 Å². The van der Waals surface area contributed by atoms with Gasteiger partial charge in [-0.2, -0.15) is 0 Å². The average molecular weight is 298 g/mol. The highest BCUT2D eigenvalue weighted by Crippen LogP contribution is 2.19. The summed E-state index contributed by atoms with van der Waals surface area (Å²) in [7, 11) is 2.49. The van der Waals surface area contributed by atoms with E-state index >= 15 is 0 Å². The third kappa shape index (κ3) is 5.41. The van der Waals surface area contributed by atoms with Gasteiger partial charge in [0.2, 0.25) is 0 Å². The predicted molar refractivity (Wildman–Crippen MR) is 72.5 cm³/mol. The van der Waals surface area contributed by atoms with Gasteiger partial charge in [0.25, 0.3) is 0 Å². The van der Waals surface area contributed by atoms with Crippen LogP contribution in [0.1, 0.15) is 20.7 Å². The molecule has 0 unspecified atom stereocenters. The van der Waals surface area contributed by atoms with Crippen LogP contribution < -0.4 is 4.74 Å². The van der Waals surface area contributed by atoms with Crippen molar-refractivity contribution in [3.05, 3.63) is 29.3 Å². The lowest BCUT2D eigenvalue weighted by Gasteiger charge is -2.10. The Morgan fingerprint density at radius 1 is 0.952 bits per heavy atom. The van der Waals surface area contributed by atoms with Crippen LogP contribution in [-0.2, 0) is 14.2 Å². The Bertz CT molecular complexity index is 450. The lowest BCUT2D eigenvalue weighted by Crippen LogP contribution is -2.11. The maximum Gasteiger partial charge on any atom is 0.338 e. The first-order valence-corrected chi connectivity index (χ1v) is 6.25. The minimum atomic E-state index is -0.581. The number of rotatable bonds is 8. The van der Waals surface area contributed by atoms with Gasteiger partial charge < -0.3 is 24.1 Å². The number of carbonyl (C=O) groups excluding carboxylic acids is 2. The van der Waals surface area contributed by atoms with Gasteiger partial charge in [-0.3, -0.25) is 0 Å². The summed E-state index contributed by atoms with van der Waals surface area (Å²) in [5.74, 6) is -0.838. The molecule has 21 heavy (non-hydrogen) atoms. The van der Waals surface area contributed by atoms with E-state index in [0.29, 0.717) is 5.75 Å². The minimum Gasteiger partial charge on any atom is -0.491 e. The second kappa shape index (κ2) is 8.93. The molecule has 7 heteroatoms. The first-order valence-electron chi connectivity index (χ1n) is 6.25. The van der Waals surface area contributed by atoms with Gasteiger partial charge in [0, 0.05) is 0 Å². The molecule has 0 aliphatic carbocycles. The predicted octanol–water partition coefficient (Wildman–Crippen LogP) is 0.647. The van der Waals surface area contributed by atoms with E-state index in [9.17, 15) is 9.59 Å². The van der Waals surface area contributed by atoms with Crippen molar-refractivity contribution < 1.29 is 33.6 Å². The number of hydrogen-bond acceptors (Lipinski definition) is 7. The van der Waals surface area contributed by atoms with Crippen LogP contribution in [0.4, 0.5) is 0 Å². The summed E-state index contributed by atoms with van der Waals surface area (Å²) in [5.41, 5.74) is 0.373. The van der Waals surface area contributed by atoms with E-state index in [1.807, 2.05) is 0 Å². The second-order valence-electron chi connectivity index (χ2n) is 3.91. The van der Waals surface area contributed by atoms with E-state index in [0.717, 1.165) is 0 Å². The molecule has 7 nitrogen and oxygen atoms in total. The summed E-state index contributed by atoms with van der Waals surface area (Å²) in [5, 5.41) is 8.56. The number of aliphatic hydroxyl groups excluding tert-OH is 1. The number of carbonyl (C=O) groups is 2. The van der Waals surface area contributed by atoms with Crippen LogP contribution in [0.5, 0.6) is 5.75 Å². The second-order valence-corrected chi connectivity index (χ2v) is 3.91. The van der Waals surface area contributed by atoms with Crippen molar-refractivity contribution in [2.24, 2.45) is 0 Å². The Morgan fingerprint density at radius 3 is 2.00 bits per heavy atom. The van der Waals surface area contributed by atoms with Crippen LogP contribution >= 0.6 is 0 Å². The monoisotopic (exact) mass is 298 g/mol. The quantitative estimate of drug-likeness (QED) is 0.556. The molecule has 0 fully saturated rings. The van der Waals surface area contributed by atoms with Crippen LogP contribution in [0.25, 0.3) is 0 Å². The van der Waals surface area contributed by atoms with Crippen molar-refractivity contribution >= 4 is 11.9 Å². The van der Waals surface area contributed by atoms with Gasteiger partial charge in [0.05, 0.1) is 45.2 Å². The highest BCUT2D eigenvalue weighted by molar-refractivity contribution is 5.96. The van der Waals surface area contributed by atoms with Crippen molar-refractivity contribution in [1.29, 1.82) is 0 Å². The van der Waals surface area contributed by atoms with Gasteiger partial charge in [0.1, 0.15) is 12.4 Å². The van der Waals surface area contributed by atoms with Crippen molar-refractivity contribution in [2.75, 3.05) is 40.6 Å². The molecule has 0 saturated heterocycles. The molecule has 0 aliphatic heterocycles. The zero-order valence-corrected chi connectivity index (χ0v) is 12.0. The lowest BCUT2D eigenvalue weighted by atomic mass is 10.1. The van der Waals surface area contributed by atoms with E-state index in [1.54, 1.807) is 0 Å². The van der Waals surface area contributed by atoms with Gasteiger partial charge in [0.15, 0.2) is 0 Å². The molecule has 1 rings (SSSR count). The molecule has 0 spiro atoms. The Hall–Kier alpha value is -2.12. The van der Waals surface area contributed by atoms with E-state index in [-0.39, 0.29) is 37.6 Å². The fourth-order valence-corrected chi connectivity index (χ4v) is 1.54.